The Bertz CT molecular complexity index is 1370. The van der Waals surface area contributed by atoms with Gasteiger partial charge in [-0.1, -0.05) is 23.5 Å². The number of nitrogens with one attached hydrogen (secondary N) is 1. The van der Waals surface area contributed by atoms with Crippen LogP contribution in [0.2, 0.25) is 0 Å². The van der Waals surface area contributed by atoms with Gasteiger partial charge in [0.2, 0.25) is 10.0 Å². The average Bonchev–Trinajstić information content (AvgIpc) is 3.25. The standard InChI is InChI=1S/C21H23N7O5S2/c1-11-3-2-4-14(9-11)35(32,33)28-18(20(30)31)17(22)15(29)10-16-26-27-19(34-16)12-5-7-13(8-6-12)25-21(23)24/h2-9,17-18,28H,10,22H2,1H3,(H,30,31)(H4,23,24,25)/t17-,18?/m1/s1. The number of carbonyl (C=O) groups is 2. The smallest absolute Gasteiger partial charge is 0.323 e. The van der Waals surface area contributed by atoms with Crippen molar-refractivity contribution in [2.24, 2.45) is 22.2 Å². The van der Waals surface area contributed by atoms with Gasteiger partial charge in [0.25, 0.3) is 0 Å². The van der Waals surface area contributed by atoms with E-state index in [4.69, 9.17) is 17.2 Å². The van der Waals surface area contributed by atoms with E-state index in [-0.39, 0.29) is 17.3 Å². The number of sulfonamides is 1. The normalized spacial score (nSPS) is 13.1. The Kier molecular flexibility index (Phi) is 7.91. The van der Waals surface area contributed by atoms with Crippen LogP contribution in [0.5, 0.6) is 0 Å². The van der Waals surface area contributed by atoms with Gasteiger partial charge in [-0.05, 0) is 48.9 Å². The Morgan fingerprint density at radius 2 is 1.83 bits per heavy atom. The van der Waals surface area contributed by atoms with Crippen LogP contribution in [0.15, 0.2) is 58.4 Å². The van der Waals surface area contributed by atoms with Crippen LogP contribution >= 0.6 is 11.3 Å². The van der Waals surface area contributed by atoms with Crippen LogP contribution in [0.1, 0.15) is 10.6 Å². The van der Waals surface area contributed by atoms with E-state index in [1.54, 1.807) is 37.3 Å². The van der Waals surface area contributed by atoms with Crippen molar-refractivity contribution >= 4 is 44.8 Å². The van der Waals surface area contributed by atoms with Gasteiger partial charge in [-0.25, -0.2) is 13.4 Å². The molecule has 12 nitrogen and oxygen atoms in total. The number of rotatable bonds is 10. The first kappa shape index (κ1) is 25.9. The van der Waals surface area contributed by atoms with Crippen molar-refractivity contribution in [3.63, 3.8) is 0 Å². The Labute approximate surface area is 204 Å². The van der Waals surface area contributed by atoms with Crippen molar-refractivity contribution in [3.8, 4) is 10.6 Å². The van der Waals surface area contributed by atoms with Crippen molar-refractivity contribution in [2.45, 2.75) is 30.3 Å². The number of hydrogen-bond donors (Lipinski definition) is 5. The number of hydrogen-bond acceptors (Lipinski definition) is 9. The number of carbonyl (C=O) groups excluding carboxylic acids is 1. The van der Waals surface area contributed by atoms with E-state index in [9.17, 15) is 23.1 Å². The molecule has 1 unspecified atom stereocenters. The molecule has 2 atom stereocenters. The minimum atomic E-state index is -4.23. The zero-order valence-electron chi connectivity index (χ0n) is 18.5. The van der Waals surface area contributed by atoms with E-state index in [1.807, 2.05) is 4.72 Å². The summed E-state index contributed by atoms with van der Waals surface area (Å²) in [4.78, 5) is 28.2. The molecular weight excluding hydrogens is 494 g/mol. The van der Waals surface area contributed by atoms with Crippen LogP contribution in [0.25, 0.3) is 10.6 Å². The van der Waals surface area contributed by atoms with E-state index in [1.165, 1.54) is 18.2 Å². The summed E-state index contributed by atoms with van der Waals surface area (Å²) in [5.74, 6) is -2.37. The lowest BCUT2D eigenvalue weighted by atomic mass is 10.0. The van der Waals surface area contributed by atoms with Crippen LogP contribution in [0.3, 0.4) is 0 Å². The van der Waals surface area contributed by atoms with Gasteiger partial charge in [0.1, 0.15) is 16.1 Å². The highest BCUT2D eigenvalue weighted by Crippen LogP contribution is 2.26. The summed E-state index contributed by atoms with van der Waals surface area (Å²) in [5, 5.41) is 18.3. The predicted octanol–water partition coefficient (Wildman–Crippen LogP) is 0.289. The van der Waals surface area contributed by atoms with Crippen molar-refractivity contribution in [2.75, 3.05) is 0 Å². The molecule has 0 saturated carbocycles. The SMILES string of the molecule is Cc1cccc(S(=O)(=O)NC(C(=O)O)[C@H](N)C(=O)Cc2nnc(-c3ccc(N=C(N)N)cc3)s2)c1. The zero-order valence-corrected chi connectivity index (χ0v) is 20.1. The molecule has 2 aromatic carbocycles. The molecule has 1 heterocycles. The van der Waals surface area contributed by atoms with E-state index < -0.39 is 33.9 Å². The minimum absolute atomic E-state index is 0.0772. The van der Waals surface area contributed by atoms with Crippen molar-refractivity contribution in [3.05, 3.63) is 59.1 Å². The summed E-state index contributed by atoms with van der Waals surface area (Å²) in [7, 11) is -4.23. The molecule has 14 heteroatoms. The number of Topliss-reactive ketones (excluding diaryl/α,β-unsaturated/α-hetero) is 1. The second-order valence-corrected chi connectivity index (χ2v) is 10.3. The van der Waals surface area contributed by atoms with Gasteiger partial charge < -0.3 is 22.3 Å². The van der Waals surface area contributed by atoms with Gasteiger partial charge >= 0.3 is 5.97 Å². The molecule has 0 aliphatic carbocycles. The Hall–Kier alpha value is -3.72. The van der Waals surface area contributed by atoms with Crippen LogP contribution in [-0.2, 0) is 26.0 Å². The Morgan fingerprint density at radius 1 is 1.14 bits per heavy atom. The van der Waals surface area contributed by atoms with Gasteiger partial charge in [0, 0.05) is 5.56 Å². The molecule has 35 heavy (non-hydrogen) atoms. The maximum absolute atomic E-state index is 12.7. The number of carboxylic acid groups (broad SMARTS) is 1. The van der Waals surface area contributed by atoms with E-state index in [2.05, 4.69) is 15.2 Å². The zero-order chi connectivity index (χ0) is 25.8. The molecule has 0 aliphatic heterocycles. The number of nitrogens with two attached hydrogens (primary N) is 3. The highest BCUT2D eigenvalue weighted by atomic mass is 32.2. The third-order valence-corrected chi connectivity index (χ3v) is 7.15. The van der Waals surface area contributed by atoms with Gasteiger partial charge in [-0.3, -0.25) is 9.59 Å². The van der Waals surface area contributed by atoms with Crippen molar-refractivity contribution in [1.29, 1.82) is 0 Å². The maximum atomic E-state index is 12.7. The van der Waals surface area contributed by atoms with Crippen molar-refractivity contribution in [1.82, 2.24) is 14.9 Å². The number of aryl methyl sites for hydroxylation is 1. The molecule has 184 valence electrons. The number of ketones is 1. The summed E-state index contributed by atoms with van der Waals surface area (Å²) in [6.45, 7) is 1.69. The first-order valence-electron chi connectivity index (χ1n) is 10.1. The van der Waals surface area contributed by atoms with E-state index in [0.29, 0.717) is 26.8 Å². The van der Waals surface area contributed by atoms with Gasteiger partial charge in [0.05, 0.1) is 23.0 Å². The summed E-state index contributed by atoms with van der Waals surface area (Å²) < 4.78 is 27.3. The highest BCUT2D eigenvalue weighted by Gasteiger charge is 2.35. The molecule has 0 radical (unpaired) electrons. The third-order valence-electron chi connectivity index (χ3n) is 4.74. The molecule has 0 amide bonds. The number of aliphatic carboxylic acids is 1. The molecule has 0 fully saturated rings. The third kappa shape index (κ3) is 6.66. The highest BCUT2D eigenvalue weighted by molar-refractivity contribution is 7.89. The molecular formula is C21H23N7O5S2. The summed E-state index contributed by atoms with van der Waals surface area (Å²) in [5.41, 5.74) is 18.5. The molecule has 0 bridgehead atoms. The number of nitrogens with zero attached hydrogens (tertiary/aromatic N) is 3. The number of guanidine groups is 1. The summed E-state index contributed by atoms with van der Waals surface area (Å²) >= 11 is 1.11. The largest absolute Gasteiger partial charge is 0.480 e. The van der Waals surface area contributed by atoms with Gasteiger partial charge in [-0.2, -0.15) is 4.72 Å². The molecule has 3 rings (SSSR count). The summed E-state index contributed by atoms with van der Waals surface area (Å²) in [6, 6.07) is 9.17. The monoisotopic (exact) mass is 517 g/mol. The van der Waals surface area contributed by atoms with Crippen LogP contribution in [-0.4, -0.2) is 53.5 Å². The number of aliphatic imine (C=N–C) groups is 1. The lowest BCUT2D eigenvalue weighted by Gasteiger charge is -2.20. The molecule has 3 aromatic rings. The summed E-state index contributed by atoms with van der Waals surface area (Å²) in [6.07, 6.45) is -0.319. The van der Waals surface area contributed by atoms with Gasteiger partial charge in [0.15, 0.2) is 11.7 Å². The fourth-order valence-electron chi connectivity index (χ4n) is 3.02. The lowest BCUT2D eigenvalue weighted by Crippen LogP contribution is -2.56. The van der Waals surface area contributed by atoms with Crippen LogP contribution in [0.4, 0.5) is 5.69 Å². The maximum Gasteiger partial charge on any atom is 0.323 e. The first-order chi connectivity index (χ1) is 16.5. The predicted molar refractivity (Wildman–Crippen MR) is 130 cm³/mol. The topological polar surface area (TPSA) is 217 Å². The molecule has 0 spiro atoms. The molecule has 8 N–H and O–H groups in total. The number of aromatic nitrogens is 2. The van der Waals surface area contributed by atoms with E-state index in [0.717, 1.165) is 11.3 Å². The number of carboxylic acids is 1. The number of benzene rings is 2. The first-order valence-corrected chi connectivity index (χ1v) is 12.4. The molecule has 0 saturated heterocycles. The van der Waals surface area contributed by atoms with Crippen molar-refractivity contribution < 1.29 is 23.1 Å². The van der Waals surface area contributed by atoms with Gasteiger partial charge in [-0.15, -0.1) is 10.2 Å². The van der Waals surface area contributed by atoms with E-state index >= 15 is 0 Å². The Balaban J connectivity index is 1.72. The lowest BCUT2D eigenvalue weighted by molar-refractivity contribution is -0.141. The Morgan fingerprint density at radius 3 is 2.43 bits per heavy atom. The fraction of sp³-hybridized carbons (Fsp3) is 0.190. The molecule has 1 aromatic heterocycles. The quantitative estimate of drug-likeness (QED) is 0.183. The van der Waals surface area contributed by atoms with Crippen LogP contribution in [0, 0.1) is 6.92 Å². The average molecular weight is 518 g/mol. The van der Waals surface area contributed by atoms with Crippen LogP contribution < -0.4 is 21.9 Å². The second-order valence-electron chi connectivity index (χ2n) is 7.51. The second kappa shape index (κ2) is 10.7. The minimum Gasteiger partial charge on any atom is -0.480 e. The molecule has 0 aliphatic rings. The fourth-order valence-corrected chi connectivity index (χ4v) is 5.19.